The van der Waals surface area contributed by atoms with E-state index in [1.54, 1.807) is 12.1 Å². The van der Waals surface area contributed by atoms with Crippen molar-refractivity contribution < 1.29 is 19.1 Å². The molecule has 0 spiro atoms. The molecule has 8 heteroatoms. The third kappa shape index (κ3) is 9.12. The topological polar surface area (TPSA) is 79.0 Å². The maximum atomic E-state index is 13.7. The molecule has 1 fully saturated rings. The summed E-state index contributed by atoms with van der Waals surface area (Å²) in [6.45, 7) is 4.51. The predicted octanol–water partition coefficient (Wildman–Crippen LogP) is 6.50. The Morgan fingerprint density at radius 1 is 0.778 bits per heavy atom. The molecule has 5 rings (SSSR count). The number of likely N-dealkylation sites (tertiary alicyclic amines) is 1. The van der Waals surface area contributed by atoms with Crippen LogP contribution in [-0.2, 0) is 29.0 Å². The molecule has 0 bridgehead atoms. The summed E-state index contributed by atoms with van der Waals surface area (Å²) in [7, 11) is 1.36. The van der Waals surface area contributed by atoms with Gasteiger partial charge in [0.05, 0.1) is 19.1 Å². The van der Waals surface area contributed by atoms with Crippen LogP contribution < -0.4 is 5.32 Å². The Hall–Kier alpha value is -4.27. The van der Waals surface area contributed by atoms with Crippen molar-refractivity contribution in [1.29, 1.82) is 0 Å². The molecule has 1 N–H and O–H groups in total. The van der Waals surface area contributed by atoms with Gasteiger partial charge in [-0.2, -0.15) is 0 Å². The highest BCUT2D eigenvalue weighted by Crippen LogP contribution is 2.24. The van der Waals surface area contributed by atoms with Crippen molar-refractivity contribution >= 4 is 33.7 Å². The molecule has 45 heavy (non-hydrogen) atoms. The van der Waals surface area contributed by atoms with E-state index in [9.17, 15) is 14.4 Å². The van der Waals surface area contributed by atoms with Crippen molar-refractivity contribution in [3.05, 3.63) is 129 Å². The van der Waals surface area contributed by atoms with E-state index in [1.807, 2.05) is 83.8 Å². The second kappa shape index (κ2) is 15.6. The van der Waals surface area contributed by atoms with Crippen LogP contribution in [0.1, 0.15) is 50.2 Å². The van der Waals surface area contributed by atoms with Gasteiger partial charge < -0.3 is 19.9 Å². The average Bonchev–Trinajstić information content (AvgIpc) is 3.59. The van der Waals surface area contributed by atoms with Crippen molar-refractivity contribution in [3.63, 3.8) is 0 Å². The first kappa shape index (κ1) is 32.1. The van der Waals surface area contributed by atoms with Crippen LogP contribution in [0, 0.1) is 0 Å². The molecular formula is C37H38BrN3O4. The number of amides is 2. The normalized spacial score (nSPS) is 12.9. The minimum atomic E-state index is -0.398. The lowest BCUT2D eigenvalue weighted by Gasteiger charge is -2.24. The molecule has 1 heterocycles. The highest BCUT2D eigenvalue weighted by atomic mass is 79.9. The van der Waals surface area contributed by atoms with Crippen molar-refractivity contribution in [2.75, 3.05) is 33.3 Å². The van der Waals surface area contributed by atoms with E-state index in [1.165, 1.54) is 20.0 Å². The van der Waals surface area contributed by atoms with Crippen LogP contribution in [0.4, 0.5) is 0 Å². The number of methoxy groups -OCH3 is 1. The molecule has 2 amide bonds. The molecule has 7 nitrogen and oxygen atoms in total. The number of halogens is 1. The number of nitrogens with zero attached hydrogens (tertiary/aromatic N) is 2. The van der Waals surface area contributed by atoms with Gasteiger partial charge >= 0.3 is 5.97 Å². The summed E-state index contributed by atoms with van der Waals surface area (Å²) in [5.74, 6) is -0.479. The molecule has 4 aromatic carbocycles. The number of hydrogen-bond donors (Lipinski definition) is 1. The Morgan fingerprint density at radius 2 is 1.42 bits per heavy atom. The quantitative estimate of drug-likeness (QED) is 0.175. The molecule has 0 aliphatic carbocycles. The second-order valence-corrected chi connectivity index (χ2v) is 12.2. The molecule has 1 aliphatic rings. The van der Waals surface area contributed by atoms with Gasteiger partial charge in [-0.15, -0.1) is 0 Å². The van der Waals surface area contributed by atoms with Crippen molar-refractivity contribution in [3.8, 4) is 11.1 Å². The van der Waals surface area contributed by atoms with Crippen LogP contribution in [0.5, 0.6) is 0 Å². The predicted molar refractivity (Wildman–Crippen MR) is 180 cm³/mol. The standard InChI is InChI=1S/C37H38BrN3O4/c1-45-37(44)30-14-10-28(11-15-30)25-41(35(42)23-27-12-16-34(38)17-13-27)26-29-6-4-7-31(22-29)32-8-5-9-33(24-32)36(43)39-18-21-40-19-2-3-20-40/h4-17,22,24H,2-3,18-21,23,25-26H2,1H3,(H,39,43). The van der Waals surface area contributed by atoms with Gasteiger partial charge in [-0.25, -0.2) is 4.79 Å². The first-order valence-electron chi connectivity index (χ1n) is 15.3. The molecule has 232 valence electrons. The number of esters is 1. The number of carbonyl (C=O) groups is 3. The van der Waals surface area contributed by atoms with Gasteiger partial charge in [0.1, 0.15) is 0 Å². The van der Waals surface area contributed by atoms with Gasteiger partial charge in [0.2, 0.25) is 5.91 Å². The summed E-state index contributed by atoms with van der Waals surface area (Å²) >= 11 is 3.46. The van der Waals surface area contributed by atoms with Crippen molar-refractivity contribution in [2.24, 2.45) is 0 Å². The van der Waals surface area contributed by atoms with E-state index in [0.29, 0.717) is 30.8 Å². The number of rotatable bonds is 12. The fraction of sp³-hybridized carbons (Fsp3) is 0.270. The number of carbonyl (C=O) groups excluding carboxylic acids is 3. The number of hydrogen-bond acceptors (Lipinski definition) is 5. The summed E-state index contributed by atoms with van der Waals surface area (Å²) in [4.78, 5) is 42.7. The molecule has 0 atom stereocenters. The van der Waals surface area contributed by atoms with E-state index >= 15 is 0 Å². The molecule has 0 radical (unpaired) electrons. The van der Waals surface area contributed by atoms with Gasteiger partial charge in [-0.3, -0.25) is 9.59 Å². The molecule has 1 saturated heterocycles. The Balaban J connectivity index is 1.31. The number of nitrogens with one attached hydrogen (secondary N) is 1. The number of benzene rings is 4. The Bertz CT molecular complexity index is 1620. The molecule has 0 saturated carbocycles. The average molecular weight is 669 g/mol. The maximum absolute atomic E-state index is 13.7. The summed E-state index contributed by atoms with van der Waals surface area (Å²) in [6, 6.07) is 30.7. The van der Waals surface area contributed by atoms with E-state index in [-0.39, 0.29) is 18.2 Å². The van der Waals surface area contributed by atoms with Gasteiger partial charge in [-0.1, -0.05) is 70.5 Å². The maximum Gasteiger partial charge on any atom is 0.337 e. The molecule has 1 aliphatic heterocycles. The summed E-state index contributed by atoms with van der Waals surface area (Å²) in [5.41, 5.74) is 5.82. The highest BCUT2D eigenvalue weighted by molar-refractivity contribution is 9.10. The van der Waals surface area contributed by atoms with E-state index < -0.39 is 5.97 Å². The third-order valence-corrected chi connectivity index (χ3v) is 8.57. The summed E-state index contributed by atoms with van der Waals surface area (Å²) < 4.78 is 5.78. The van der Waals surface area contributed by atoms with Crippen molar-refractivity contribution in [1.82, 2.24) is 15.1 Å². The zero-order valence-corrected chi connectivity index (χ0v) is 27.1. The fourth-order valence-corrected chi connectivity index (χ4v) is 5.82. The first-order valence-corrected chi connectivity index (χ1v) is 16.1. The second-order valence-electron chi connectivity index (χ2n) is 11.3. The fourth-order valence-electron chi connectivity index (χ4n) is 5.55. The minimum Gasteiger partial charge on any atom is -0.465 e. The zero-order chi connectivity index (χ0) is 31.6. The van der Waals surface area contributed by atoms with Crippen molar-refractivity contribution in [2.45, 2.75) is 32.4 Å². The first-order chi connectivity index (χ1) is 21.9. The smallest absolute Gasteiger partial charge is 0.337 e. The van der Waals surface area contributed by atoms with Gasteiger partial charge in [0.15, 0.2) is 0 Å². The Kier molecular flexibility index (Phi) is 11.2. The lowest BCUT2D eigenvalue weighted by molar-refractivity contribution is -0.131. The summed E-state index contributed by atoms with van der Waals surface area (Å²) in [6.07, 6.45) is 2.73. The van der Waals surface area contributed by atoms with E-state index in [2.05, 4.69) is 32.2 Å². The highest BCUT2D eigenvalue weighted by Gasteiger charge is 2.17. The lowest BCUT2D eigenvalue weighted by atomic mass is 10.0. The molecule has 0 aromatic heterocycles. The lowest BCUT2D eigenvalue weighted by Crippen LogP contribution is -2.33. The van der Waals surface area contributed by atoms with Crippen LogP contribution in [0.25, 0.3) is 11.1 Å². The van der Waals surface area contributed by atoms with Gasteiger partial charge in [0, 0.05) is 36.2 Å². The molecule has 0 unspecified atom stereocenters. The largest absolute Gasteiger partial charge is 0.465 e. The van der Waals surface area contributed by atoms with Crippen LogP contribution >= 0.6 is 15.9 Å². The molecule has 4 aromatic rings. The minimum absolute atomic E-state index is 0.00707. The van der Waals surface area contributed by atoms with Gasteiger partial charge in [0.25, 0.3) is 5.91 Å². The van der Waals surface area contributed by atoms with Crippen LogP contribution in [-0.4, -0.2) is 60.9 Å². The third-order valence-electron chi connectivity index (χ3n) is 8.04. The Morgan fingerprint density at radius 3 is 2.13 bits per heavy atom. The monoisotopic (exact) mass is 667 g/mol. The Labute approximate surface area is 273 Å². The van der Waals surface area contributed by atoms with Crippen LogP contribution in [0.15, 0.2) is 102 Å². The van der Waals surface area contributed by atoms with Crippen LogP contribution in [0.3, 0.4) is 0 Å². The van der Waals surface area contributed by atoms with Crippen LogP contribution in [0.2, 0.25) is 0 Å². The van der Waals surface area contributed by atoms with E-state index in [0.717, 1.165) is 51.9 Å². The van der Waals surface area contributed by atoms with Gasteiger partial charge in [-0.05, 0) is 96.2 Å². The zero-order valence-electron chi connectivity index (χ0n) is 25.5. The summed E-state index contributed by atoms with van der Waals surface area (Å²) in [5, 5.41) is 3.06. The number of ether oxygens (including phenoxy) is 1. The molecular weight excluding hydrogens is 630 g/mol. The van der Waals surface area contributed by atoms with E-state index in [4.69, 9.17) is 4.74 Å². The SMILES string of the molecule is COC(=O)c1ccc(CN(Cc2cccc(-c3cccc(C(=O)NCCN4CCCC4)c3)c2)C(=O)Cc2ccc(Br)cc2)cc1.